The lowest BCUT2D eigenvalue weighted by molar-refractivity contribution is -0.214. The van der Waals surface area contributed by atoms with E-state index < -0.39 is 59.4 Å². The molecule has 9 heterocycles. The molecular formula is C80H106N12O15Si. The molecule has 1 aliphatic carbocycles. The Kier molecular flexibility index (Phi) is 26.0. The van der Waals surface area contributed by atoms with E-state index in [0.717, 1.165) is 119 Å². The van der Waals surface area contributed by atoms with E-state index in [0.29, 0.717) is 95.8 Å². The van der Waals surface area contributed by atoms with Gasteiger partial charge in [-0.25, -0.2) is 14.8 Å². The first-order chi connectivity index (χ1) is 52.0. The summed E-state index contributed by atoms with van der Waals surface area (Å²) in [6.07, 6.45) is 17.4. The topological polar surface area (TPSA) is 373 Å². The summed E-state index contributed by atoms with van der Waals surface area (Å²) in [5, 5.41) is 36.7. The highest BCUT2D eigenvalue weighted by Crippen LogP contribution is 2.68. The first kappa shape index (κ1) is 80.4. The maximum absolute atomic E-state index is 15.4. The highest BCUT2D eigenvalue weighted by atomic mass is 28.4. The molecule has 2 amide bonds. The molecule has 10 atom stereocenters. The third kappa shape index (κ3) is 16.5. The summed E-state index contributed by atoms with van der Waals surface area (Å²) in [4.78, 5) is 125. The first-order valence-electron chi connectivity index (χ1n) is 38.4. The minimum atomic E-state index is -2.68. The number of nitrogens with zero attached hydrogens (tertiary/aromatic N) is 6. The number of fused-ring (bicyclic) bond motifs is 7. The molecule has 28 heteroatoms. The monoisotopic (exact) mass is 1500 g/mol. The summed E-state index contributed by atoms with van der Waals surface area (Å²) in [6.45, 7) is 15.6. The number of carbonyl (C=O) groups is 4. The number of para-hydroxylation sites is 1. The largest absolute Gasteiger partial charge is 0.467 e. The molecule has 1 spiro atoms. The summed E-state index contributed by atoms with van der Waals surface area (Å²) in [5.74, 6) is -0.601. The van der Waals surface area contributed by atoms with Gasteiger partial charge < -0.3 is 60.4 Å². The van der Waals surface area contributed by atoms with Gasteiger partial charge in [-0.15, -0.1) is 0 Å². The number of carbonyl (C=O) groups excluding carboxylic acids is 8. The van der Waals surface area contributed by atoms with Gasteiger partial charge in [-0.1, -0.05) is 75.9 Å². The zero-order valence-electron chi connectivity index (χ0n) is 63.2. The van der Waals surface area contributed by atoms with E-state index in [1.807, 2.05) is 0 Å². The molecule has 3 saturated heterocycles. The third-order valence-corrected chi connectivity index (χ3v) is 28.8. The zero-order chi connectivity index (χ0) is 77.0. The predicted molar refractivity (Wildman–Crippen MR) is 406 cm³/mol. The van der Waals surface area contributed by atoms with Crippen molar-refractivity contribution in [2.75, 3.05) is 102 Å². The average Bonchev–Trinajstić information content (AvgIpc) is 1.46. The fourth-order valence-corrected chi connectivity index (χ4v) is 24.4. The van der Waals surface area contributed by atoms with Crippen LogP contribution in [0, 0.1) is 18.3 Å². The van der Waals surface area contributed by atoms with Crippen molar-refractivity contribution in [2.24, 2.45) is 11.3 Å². The molecule has 27 nitrogen and oxygen atoms in total. The molecule has 108 heavy (non-hydrogen) atoms. The Morgan fingerprint density at radius 2 is 1.56 bits per heavy atom. The zero-order valence-corrected chi connectivity index (χ0v) is 64.2. The lowest BCUT2D eigenvalue weighted by Gasteiger charge is -2.65. The van der Waals surface area contributed by atoms with Gasteiger partial charge in [0.05, 0.1) is 63.1 Å². The molecular weight excluding hydrogens is 1400 g/mol. The van der Waals surface area contributed by atoms with Gasteiger partial charge in [0.1, 0.15) is 5.78 Å². The molecule has 3 aromatic carbocycles. The molecule has 1 unspecified atom stereocenters. The number of hydrogen-bond donors (Lipinski definition) is 8. The fraction of sp³-hybridized carbons (Fsp3) is 0.575. The van der Waals surface area contributed by atoms with Crippen molar-refractivity contribution >= 4 is 83.6 Å². The highest BCUT2D eigenvalue weighted by Gasteiger charge is 2.80. The van der Waals surface area contributed by atoms with Crippen LogP contribution in [0.1, 0.15) is 161 Å². The Labute approximate surface area is 630 Å². The van der Waals surface area contributed by atoms with Crippen LogP contribution >= 0.6 is 0 Å². The van der Waals surface area contributed by atoms with Crippen LogP contribution in [-0.2, 0) is 76.0 Å². The third-order valence-electron chi connectivity index (χ3n) is 24.3. The Hall–Kier alpha value is -8.66. The number of nitrogens with one attached hydrogen (secondary N) is 5. The molecule has 0 radical (unpaired) electrons. The van der Waals surface area contributed by atoms with E-state index in [1.165, 1.54) is 46.6 Å². The molecule has 6 aliphatic heterocycles. The number of unbranched alkanes of at least 4 members (excludes halogenated alkanes) is 1. The number of H-pyrrole nitrogens is 2. The second kappa shape index (κ2) is 34.9. The van der Waals surface area contributed by atoms with Crippen molar-refractivity contribution in [1.29, 1.82) is 0 Å². The molecule has 13 rings (SSSR count). The number of Topliss-reactive ketones (excluding diaryl/α,β-unsaturated/α-hetero) is 1. The van der Waals surface area contributed by atoms with Gasteiger partial charge in [-0.2, -0.15) is 24.2 Å². The first-order valence-corrected chi connectivity index (χ1v) is 41.0. The molecule has 3 aromatic heterocycles. The Morgan fingerprint density at radius 1 is 0.824 bits per heavy atom. The number of rotatable bonds is 29. The van der Waals surface area contributed by atoms with Crippen molar-refractivity contribution < 1.29 is 67.2 Å². The van der Waals surface area contributed by atoms with E-state index in [4.69, 9.17) is 43.5 Å². The number of ether oxygens (including phenoxy) is 3. The number of methoxy groups -OCH3 is 1. The quantitative estimate of drug-likeness (QED) is 0.00966. The van der Waals surface area contributed by atoms with Crippen LogP contribution in [-0.4, -0.2) is 205 Å². The number of anilines is 3. The van der Waals surface area contributed by atoms with E-state index >= 15 is 4.79 Å². The minimum Gasteiger partial charge on any atom is -0.467 e. The van der Waals surface area contributed by atoms with Crippen molar-refractivity contribution in [2.45, 2.75) is 195 Å². The molecule has 6 aromatic rings. The summed E-state index contributed by atoms with van der Waals surface area (Å²) >= 11 is 0. The highest BCUT2D eigenvalue weighted by molar-refractivity contribution is 6.74. The van der Waals surface area contributed by atoms with Gasteiger partial charge in [0.25, 0.3) is 11.5 Å². The van der Waals surface area contributed by atoms with Gasteiger partial charge in [0, 0.05) is 128 Å². The van der Waals surface area contributed by atoms with Crippen LogP contribution < -0.4 is 32.1 Å². The van der Waals surface area contributed by atoms with Crippen LogP contribution in [0.5, 0.6) is 0 Å². The van der Waals surface area contributed by atoms with Gasteiger partial charge >= 0.3 is 18.3 Å². The maximum atomic E-state index is 15.4. The van der Waals surface area contributed by atoms with Crippen LogP contribution in [0.3, 0.4) is 0 Å². The number of aryl methyl sites for hydroxylation is 1. The normalized spacial score (nSPS) is 26.4. The number of piperidine rings is 1. The molecule has 1 saturated carbocycles. The van der Waals surface area contributed by atoms with E-state index in [1.54, 1.807) is 24.3 Å². The van der Waals surface area contributed by atoms with Crippen LogP contribution in [0.15, 0.2) is 83.8 Å². The average molecular weight is 1500 g/mol. The molecule has 7 aliphatic rings. The van der Waals surface area contributed by atoms with Crippen molar-refractivity contribution in [3.8, 4) is 0 Å². The lowest BCUT2D eigenvalue weighted by Crippen LogP contribution is -2.82. The number of nitrogen functional groups attached to an aromatic ring is 1. The van der Waals surface area contributed by atoms with E-state index in [2.05, 4.69) is 139 Å². The summed E-state index contributed by atoms with van der Waals surface area (Å²) < 4.78 is 25.5. The number of aliphatic hydroxyl groups is 2. The Balaban J connectivity index is 0.00000187. The Bertz CT molecular complexity index is 4350. The molecule has 9 N–H and O–H groups in total. The smallest absolute Gasteiger partial charge is 0.373 e. The van der Waals surface area contributed by atoms with E-state index in [9.17, 15) is 29.4 Å². The van der Waals surface area contributed by atoms with Crippen molar-refractivity contribution in [3.63, 3.8) is 0 Å². The molecule has 4 fully saturated rings. The standard InChI is InChI=1S/C78H106N12O11Si.2CO2/c1-7-75(96)46-52-45-74(4,65-58(28-34-89(49-52)50-75)57-21-10-11-22-61(57)85-65)59-44-60-62(43-51(59)3)88(5)70-77(60)30-35-90-33-18-29-76(8-2,69(77)90)71(78(70,97)72(95)98-6)101-102(40-13-9-14-41-102)42-15-12-19-56(91)20-17-36-99-38-39-100-37-32-80-63(92)23-16-31-81-67(93)53-24-26-54(27-25-53)82-47-55-48-83-66-64(84-55)68(94)87-73(79)86-66;2*2-1-3/h10-11,18,21-22,24-27,29,43-44,48,52,69-71,82,85,96-97H,7-9,12-17,19-20,23,28,30-42,45-47,49-50H2,1-6H3,(H,80,92)(H,81,93)(H3,79,83,86,87,94);;/t52-,69+,70-,71-,74-,75+,76-,77-,78+;;/m1../s1. The van der Waals surface area contributed by atoms with Gasteiger partial charge in [0.2, 0.25) is 17.5 Å². The number of aromatic nitrogens is 5. The van der Waals surface area contributed by atoms with Crippen LogP contribution in [0.25, 0.3) is 22.1 Å². The number of aromatic amines is 2. The van der Waals surface area contributed by atoms with Crippen molar-refractivity contribution in [1.82, 2.24) is 45.4 Å². The number of amides is 2. The maximum Gasteiger partial charge on any atom is 0.373 e. The predicted octanol–water partition coefficient (Wildman–Crippen LogP) is 7.65. The van der Waals surface area contributed by atoms with E-state index in [-0.39, 0.29) is 71.9 Å². The van der Waals surface area contributed by atoms with Crippen LogP contribution in [0.4, 0.5) is 17.3 Å². The van der Waals surface area contributed by atoms with Crippen LogP contribution in [0.2, 0.25) is 18.1 Å². The number of nitrogens with two attached hydrogens (primary N) is 1. The second-order valence-corrected chi connectivity index (χ2v) is 35.0. The SMILES string of the molecule is CC[C@]1(O)C[C@@H]2CN(CCc3c([nH]c4ccccc34)[C@@](C)(c3cc4c(cc3C)N(C)[C@H]3[C@@](O)(C(=O)OC)[C@H](O[Si]5(CCCCC(=O)CCCOCCOCCNC(=O)CCCNC(=O)c6ccc(NCc7cnc8nc(N)[nH]c(=O)c8n7)cc6)CCCCC5)[C@]5(CC)C=CCN6CC[C@]43[C@@H]65)C2)C1.O=C=O.O=C=O. The number of hydrogen-bond acceptors (Lipinski definition) is 23. The van der Waals surface area contributed by atoms with Gasteiger partial charge in [-0.3, -0.25) is 34.0 Å². The van der Waals surface area contributed by atoms with Gasteiger partial charge in [-0.05, 0) is 161 Å². The fourth-order valence-electron chi connectivity index (χ4n) is 19.7. The Morgan fingerprint density at radius 3 is 2.31 bits per heavy atom. The summed E-state index contributed by atoms with van der Waals surface area (Å²) in [7, 11) is 0.837. The summed E-state index contributed by atoms with van der Waals surface area (Å²) in [6, 6.07) is 22.5. The second-order valence-electron chi connectivity index (χ2n) is 30.9. The number of likely N-dealkylation sites (N-methyl/N-ethyl adjacent to an activating group) is 1. The molecule has 580 valence electrons. The van der Waals surface area contributed by atoms with Gasteiger partial charge in [0.15, 0.2) is 19.5 Å². The number of esters is 1. The number of ketones is 1. The number of benzene rings is 3. The molecule has 2 bridgehead atoms. The lowest BCUT2D eigenvalue weighted by atomic mass is 9.47. The van der Waals surface area contributed by atoms with Crippen molar-refractivity contribution in [3.05, 3.63) is 129 Å². The summed E-state index contributed by atoms with van der Waals surface area (Å²) in [5.41, 5.74) is 10.9. The minimum absolute atomic E-state index is 0.0299.